The number of nitrogens with one attached hydrogen (secondary N) is 3. The zero-order valence-corrected chi connectivity index (χ0v) is 22.2. The lowest BCUT2D eigenvalue weighted by molar-refractivity contribution is -0.150. The first-order valence-corrected chi connectivity index (χ1v) is 12.0. The second kappa shape index (κ2) is 13.8. The molecule has 212 valence electrons. The first kappa shape index (κ1) is 30.6. The van der Waals surface area contributed by atoms with E-state index in [1.807, 2.05) is 0 Å². The van der Waals surface area contributed by atoms with Crippen LogP contribution in [0.4, 0.5) is 9.59 Å². The maximum Gasteiger partial charge on any atom is 0.407 e. The Bertz CT molecular complexity index is 1280. The van der Waals surface area contributed by atoms with Gasteiger partial charge in [0.1, 0.15) is 24.8 Å². The number of alkyl carbamates (subject to hydrolysis) is 2. The molecule has 1 aromatic carbocycles. The molecular weight excluding hydrogens is 514 g/mol. The van der Waals surface area contributed by atoms with Crippen molar-refractivity contribution >= 4 is 24.1 Å². The maximum atomic E-state index is 13.2. The number of hydrogen-bond acceptors (Lipinski definition) is 8. The summed E-state index contributed by atoms with van der Waals surface area (Å²) < 4.78 is 11.2. The lowest BCUT2D eigenvalue weighted by Gasteiger charge is -2.29. The molecule has 2 rings (SSSR count). The number of aromatic amines is 1. The smallest absolute Gasteiger partial charge is 0.407 e. The van der Waals surface area contributed by atoms with Crippen LogP contribution in [0.5, 0.6) is 0 Å². The number of carboxylic acid groups (broad SMARTS) is 1. The number of aromatic nitrogens is 2. The summed E-state index contributed by atoms with van der Waals surface area (Å²) in [5.74, 6) is -2.27. The molecule has 0 spiro atoms. The van der Waals surface area contributed by atoms with Gasteiger partial charge in [-0.3, -0.25) is 19.1 Å². The van der Waals surface area contributed by atoms with E-state index in [0.29, 0.717) is 5.56 Å². The predicted octanol–water partition coefficient (Wildman–Crippen LogP) is 0.578. The molecule has 3 amide bonds. The highest BCUT2D eigenvalue weighted by molar-refractivity contribution is 5.84. The zero-order chi connectivity index (χ0) is 29.2. The summed E-state index contributed by atoms with van der Waals surface area (Å²) in [6.07, 6.45) is -0.515. The number of rotatable bonds is 11. The fraction of sp³-hybridized carbons (Fsp3) is 0.440. The Kier molecular flexibility index (Phi) is 10.8. The number of hydrogen-bond donors (Lipinski definition) is 4. The Hall–Kier alpha value is -4.62. The number of carboxylic acids is 1. The van der Waals surface area contributed by atoms with Gasteiger partial charge in [0.25, 0.3) is 5.56 Å². The number of amides is 3. The van der Waals surface area contributed by atoms with Crippen LogP contribution in [0.3, 0.4) is 0 Å². The summed E-state index contributed by atoms with van der Waals surface area (Å²) in [5, 5.41) is 14.6. The van der Waals surface area contributed by atoms with Crippen LogP contribution in [0.25, 0.3) is 0 Å². The molecule has 2 aromatic rings. The molecular formula is C25H33N5O9. The highest BCUT2D eigenvalue weighted by Gasteiger charge is 2.31. The van der Waals surface area contributed by atoms with E-state index in [0.717, 1.165) is 9.47 Å². The minimum absolute atomic E-state index is 0.0542. The summed E-state index contributed by atoms with van der Waals surface area (Å²) in [4.78, 5) is 76.3. The first-order chi connectivity index (χ1) is 18.3. The van der Waals surface area contributed by atoms with Crippen molar-refractivity contribution in [2.75, 3.05) is 19.6 Å². The number of aryl methyl sites for hydroxylation is 1. The number of H-pyrrole nitrogens is 1. The van der Waals surface area contributed by atoms with E-state index in [-0.39, 0.29) is 25.3 Å². The third-order valence-corrected chi connectivity index (χ3v) is 5.15. The number of carbonyl (C=O) groups excluding carboxylic acids is 3. The Balaban J connectivity index is 2.16. The molecule has 4 N–H and O–H groups in total. The molecule has 0 unspecified atom stereocenters. The Morgan fingerprint density at radius 3 is 2.36 bits per heavy atom. The monoisotopic (exact) mass is 547 g/mol. The summed E-state index contributed by atoms with van der Waals surface area (Å²) in [7, 11) is 0. The highest BCUT2D eigenvalue weighted by Crippen LogP contribution is 2.07. The summed E-state index contributed by atoms with van der Waals surface area (Å²) >= 11 is 0. The summed E-state index contributed by atoms with van der Waals surface area (Å²) in [6.45, 7) is 4.75. The van der Waals surface area contributed by atoms with Gasteiger partial charge < -0.3 is 30.1 Å². The number of aliphatic carboxylic acids is 1. The fourth-order valence-corrected chi connectivity index (χ4v) is 3.30. The molecule has 0 radical (unpaired) electrons. The van der Waals surface area contributed by atoms with Gasteiger partial charge in [-0.25, -0.2) is 19.2 Å². The van der Waals surface area contributed by atoms with E-state index < -0.39 is 60.0 Å². The number of carbonyl (C=O) groups is 4. The lowest BCUT2D eigenvalue weighted by Crippen LogP contribution is -2.54. The van der Waals surface area contributed by atoms with Crippen molar-refractivity contribution in [3.63, 3.8) is 0 Å². The van der Waals surface area contributed by atoms with Gasteiger partial charge in [0.15, 0.2) is 0 Å². The van der Waals surface area contributed by atoms with Gasteiger partial charge in [-0.05, 0) is 33.3 Å². The van der Waals surface area contributed by atoms with Crippen LogP contribution in [-0.4, -0.2) is 74.9 Å². The number of ether oxygens (including phenoxy) is 2. The quantitative estimate of drug-likeness (QED) is 0.312. The number of benzene rings is 1. The second-order valence-corrected chi connectivity index (χ2v) is 9.51. The van der Waals surface area contributed by atoms with Crippen LogP contribution in [0.15, 0.2) is 46.1 Å². The standard InChI is InChI=1S/C25H33N5O9/c1-16-13-29(22(35)28-20(16)32)14-19(31)30(11-10-26-24(37)39-25(2,3)4)18(21(33)34)12-27-23(36)38-15-17-8-6-5-7-9-17/h5-9,13,18H,10-12,14-15H2,1-4H3,(H,26,37)(H,27,36)(H,33,34)(H,28,32,35)/t18-/m1/s1. The van der Waals surface area contributed by atoms with Gasteiger partial charge in [-0.2, -0.15) is 0 Å². The van der Waals surface area contributed by atoms with E-state index >= 15 is 0 Å². The molecule has 1 heterocycles. The highest BCUT2D eigenvalue weighted by atomic mass is 16.6. The van der Waals surface area contributed by atoms with E-state index in [9.17, 15) is 33.9 Å². The molecule has 14 heteroatoms. The normalized spacial score (nSPS) is 11.7. The van der Waals surface area contributed by atoms with Gasteiger partial charge in [-0.15, -0.1) is 0 Å². The summed E-state index contributed by atoms with van der Waals surface area (Å²) in [6, 6.07) is 7.23. The molecule has 0 bridgehead atoms. The molecule has 39 heavy (non-hydrogen) atoms. The first-order valence-electron chi connectivity index (χ1n) is 12.0. The molecule has 0 saturated carbocycles. The largest absolute Gasteiger partial charge is 0.480 e. The Labute approximate surface area is 223 Å². The van der Waals surface area contributed by atoms with Gasteiger partial charge in [0.05, 0.1) is 6.54 Å². The van der Waals surface area contributed by atoms with E-state index in [4.69, 9.17) is 9.47 Å². The van der Waals surface area contributed by atoms with Crippen LogP contribution in [0.1, 0.15) is 31.9 Å². The minimum Gasteiger partial charge on any atom is -0.480 e. The zero-order valence-electron chi connectivity index (χ0n) is 22.2. The molecule has 14 nitrogen and oxygen atoms in total. The average Bonchev–Trinajstić information content (AvgIpc) is 2.84. The van der Waals surface area contributed by atoms with Gasteiger partial charge in [0, 0.05) is 24.8 Å². The van der Waals surface area contributed by atoms with E-state index in [1.54, 1.807) is 51.1 Å². The van der Waals surface area contributed by atoms with Crippen molar-refractivity contribution in [1.29, 1.82) is 0 Å². The third-order valence-electron chi connectivity index (χ3n) is 5.15. The van der Waals surface area contributed by atoms with Crippen molar-refractivity contribution in [2.24, 2.45) is 0 Å². The Morgan fingerprint density at radius 2 is 1.74 bits per heavy atom. The third kappa shape index (κ3) is 10.3. The molecule has 1 aromatic heterocycles. The van der Waals surface area contributed by atoms with Crippen LogP contribution >= 0.6 is 0 Å². The molecule has 0 aliphatic rings. The second-order valence-electron chi connectivity index (χ2n) is 9.51. The van der Waals surface area contributed by atoms with Gasteiger partial charge >= 0.3 is 23.8 Å². The average molecular weight is 548 g/mol. The van der Waals surface area contributed by atoms with Crippen molar-refractivity contribution in [2.45, 2.75) is 52.5 Å². The van der Waals surface area contributed by atoms with Crippen LogP contribution in [-0.2, 0) is 32.2 Å². The molecule has 1 atom stereocenters. The van der Waals surface area contributed by atoms with Gasteiger partial charge in [0.2, 0.25) is 5.91 Å². The van der Waals surface area contributed by atoms with Crippen molar-refractivity contribution < 1.29 is 33.8 Å². The van der Waals surface area contributed by atoms with Crippen molar-refractivity contribution in [3.05, 3.63) is 68.5 Å². The van der Waals surface area contributed by atoms with E-state index in [2.05, 4.69) is 15.6 Å². The SMILES string of the molecule is Cc1cn(CC(=O)N(CCNC(=O)OC(C)(C)C)[C@H](CNC(=O)OCc2ccccc2)C(=O)O)c(=O)[nH]c1=O. The molecule has 0 saturated heterocycles. The van der Waals surface area contributed by atoms with Crippen LogP contribution in [0.2, 0.25) is 0 Å². The molecule has 0 aliphatic heterocycles. The van der Waals surface area contributed by atoms with Crippen molar-refractivity contribution in [3.8, 4) is 0 Å². The summed E-state index contributed by atoms with van der Waals surface area (Å²) in [5.41, 5.74) is -1.38. The van der Waals surface area contributed by atoms with Crippen LogP contribution < -0.4 is 21.9 Å². The molecule has 0 fully saturated rings. The Morgan fingerprint density at radius 1 is 1.08 bits per heavy atom. The molecule has 0 aliphatic carbocycles. The minimum atomic E-state index is -1.58. The van der Waals surface area contributed by atoms with Crippen LogP contribution in [0, 0.1) is 6.92 Å². The predicted molar refractivity (Wildman–Crippen MR) is 138 cm³/mol. The topological polar surface area (TPSA) is 189 Å². The fourth-order valence-electron chi connectivity index (χ4n) is 3.30. The number of nitrogens with zero attached hydrogens (tertiary/aromatic N) is 2. The van der Waals surface area contributed by atoms with E-state index in [1.165, 1.54) is 13.1 Å². The maximum absolute atomic E-state index is 13.2. The van der Waals surface area contributed by atoms with Gasteiger partial charge in [-0.1, -0.05) is 30.3 Å². The lowest BCUT2D eigenvalue weighted by atomic mass is 10.2. The van der Waals surface area contributed by atoms with Crippen molar-refractivity contribution in [1.82, 2.24) is 25.1 Å².